The summed E-state index contributed by atoms with van der Waals surface area (Å²) in [5, 5.41) is 23.4. The lowest BCUT2D eigenvalue weighted by molar-refractivity contribution is -0.0715. The molecule has 0 radical (unpaired) electrons. The molecule has 1 aromatic heterocycles. The Kier molecular flexibility index (Phi) is 4.87. The Balaban J connectivity index is 1.69. The van der Waals surface area contributed by atoms with Crippen LogP contribution < -0.4 is 5.32 Å². The number of nitrogens with zero attached hydrogens (tertiary/aromatic N) is 2. The minimum atomic E-state index is -1.72. The van der Waals surface area contributed by atoms with Crippen molar-refractivity contribution < 1.29 is 19.8 Å². The van der Waals surface area contributed by atoms with Crippen LogP contribution in [0.1, 0.15) is 46.4 Å². The number of rotatable bonds is 5. The van der Waals surface area contributed by atoms with Crippen molar-refractivity contribution in [3.05, 3.63) is 95.1 Å². The summed E-state index contributed by atoms with van der Waals surface area (Å²) in [4.78, 5) is 33.3. The predicted molar refractivity (Wildman–Crippen MR) is 123 cm³/mol. The Morgan fingerprint density at radius 2 is 1.85 bits per heavy atom. The summed E-state index contributed by atoms with van der Waals surface area (Å²) in [5.41, 5.74) is 1.69. The number of carboxylic acid groups (broad SMARTS) is 1. The van der Waals surface area contributed by atoms with Gasteiger partial charge in [0.05, 0.1) is 17.1 Å². The fourth-order valence-electron chi connectivity index (χ4n) is 4.67. The molecule has 0 saturated heterocycles. The number of carbonyl (C=O) groups is 2. The number of carbonyl (C=O) groups excluding carboxylic acids is 1. The molecule has 2 amide bonds. The molecule has 0 spiro atoms. The minimum Gasteiger partial charge on any atom is -0.465 e. The molecule has 33 heavy (non-hydrogen) atoms. The minimum absolute atomic E-state index is 0.0807. The quantitative estimate of drug-likeness (QED) is 0.364. The first-order valence-electron chi connectivity index (χ1n) is 10.6. The van der Waals surface area contributed by atoms with Crippen LogP contribution in [0, 0.1) is 0 Å². The zero-order valence-electron chi connectivity index (χ0n) is 17.8. The molecule has 4 aromatic rings. The monoisotopic (exact) mass is 442 g/mol. The number of fused-ring (bicyclic) bond motifs is 2. The van der Waals surface area contributed by atoms with Crippen molar-refractivity contribution in [3.8, 4) is 0 Å². The zero-order chi connectivity index (χ0) is 23.2. The maximum Gasteiger partial charge on any atom is 0.411 e. The van der Waals surface area contributed by atoms with E-state index >= 15 is 0 Å². The van der Waals surface area contributed by atoms with Crippen LogP contribution in [0.3, 0.4) is 0 Å². The third-order valence-corrected chi connectivity index (χ3v) is 6.09. The third kappa shape index (κ3) is 3.23. The van der Waals surface area contributed by atoms with Crippen LogP contribution >= 0.6 is 0 Å². The second-order valence-corrected chi connectivity index (χ2v) is 7.98. The molecule has 5 rings (SSSR count). The number of hydrogen-bond acceptors (Lipinski definition) is 4. The van der Waals surface area contributed by atoms with Gasteiger partial charge in [0.25, 0.3) is 5.91 Å². The molecule has 0 saturated carbocycles. The van der Waals surface area contributed by atoms with E-state index in [9.17, 15) is 14.7 Å². The van der Waals surface area contributed by atoms with E-state index in [2.05, 4.69) is 15.3 Å². The fourth-order valence-corrected chi connectivity index (χ4v) is 4.67. The Hall–Kier alpha value is -4.17. The lowest BCUT2D eigenvalue weighted by Crippen LogP contribution is -2.46. The average Bonchev–Trinajstić information content (AvgIpc) is 3.32. The van der Waals surface area contributed by atoms with Crippen molar-refractivity contribution in [2.24, 2.45) is 0 Å². The lowest BCUT2D eigenvalue weighted by atomic mass is 9.91. The van der Waals surface area contributed by atoms with Gasteiger partial charge >= 0.3 is 6.09 Å². The topological polar surface area (TPSA) is 119 Å². The Bertz CT molecular complexity index is 1370. The van der Waals surface area contributed by atoms with Gasteiger partial charge in [-0.1, -0.05) is 61.5 Å². The lowest BCUT2D eigenvalue weighted by Gasteiger charge is -2.40. The molecule has 2 atom stereocenters. The van der Waals surface area contributed by atoms with Gasteiger partial charge in [0, 0.05) is 16.7 Å². The van der Waals surface area contributed by atoms with Crippen LogP contribution in [0.25, 0.3) is 11.0 Å². The molecule has 8 nitrogen and oxygen atoms in total. The maximum atomic E-state index is 13.6. The SMILES string of the molecule is CC[C@H](c1ccccc1)N1C(=O)c2ccccc2C1(O)c1ccc2[nH]c(NC(=O)O)nc2c1. The molecule has 0 bridgehead atoms. The van der Waals surface area contributed by atoms with Gasteiger partial charge in [-0.2, -0.15) is 0 Å². The summed E-state index contributed by atoms with van der Waals surface area (Å²) < 4.78 is 0. The first kappa shape index (κ1) is 20.7. The highest BCUT2D eigenvalue weighted by atomic mass is 16.4. The van der Waals surface area contributed by atoms with Crippen LogP contribution in [-0.2, 0) is 5.72 Å². The van der Waals surface area contributed by atoms with E-state index in [4.69, 9.17) is 5.11 Å². The number of H-pyrrole nitrogens is 1. The predicted octanol–water partition coefficient (Wildman–Crippen LogP) is 4.45. The second kappa shape index (κ2) is 7.75. The van der Waals surface area contributed by atoms with E-state index in [1.165, 1.54) is 4.90 Å². The van der Waals surface area contributed by atoms with Crippen LogP contribution in [-0.4, -0.2) is 37.1 Å². The summed E-state index contributed by atoms with van der Waals surface area (Å²) in [7, 11) is 0. The van der Waals surface area contributed by atoms with Crippen molar-refractivity contribution in [2.75, 3.05) is 5.32 Å². The third-order valence-electron chi connectivity index (χ3n) is 6.09. The molecule has 166 valence electrons. The number of benzene rings is 3. The molecule has 2 heterocycles. The Morgan fingerprint density at radius 3 is 2.58 bits per heavy atom. The van der Waals surface area contributed by atoms with Gasteiger partial charge < -0.3 is 15.2 Å². The molecule has 4 N–H and O–H groups in total. The van der Waals surface area contributed by atoms with Gasteiger partial charge in [-0.05, 0) is 30.2 Å². The largest absolute Gasteiger partial charge is 0.465 e. The van der Waals surface area contributed by atoms with Crippen molar-refractivity contribution in [1.29, 1.82) is 0 Å². The molecule has 0 fully saturated rings. The number of imidazole rings is 1. The number of hydrogen-bond donors (Lipinski definition) is 4. The summed E-state index contributed by atoms with van der Waals surface area (Å²) in [6.45, 7) is 1.98. The standard InChI is InChI=1S/C25H22N4O4/c1-2-21(15-8-4-3-5-9-15)29-22(30)17-10-6-7-11-18(17)25(29,33)16-12-13-19-20(14-16)27-23(26-19)28-24(31)32/h3-14,21,33H,2H2,1H3,(H,31,32)(H2,26,27,28)/t21-,25?/m1/s1. The van der Waals surface area contributed by atoms with Gasteiger partial charge in [-0.25, -0.2) is 9.78 Å². The number of aliphatic hydroxyl groups is 1. The number of nitrogens with one attached hydrogen (secondary N) is 2. The summed E-state index contributed by atoms with van der Waals surface area (Å²) in [6, 6.07) is 21.5. The van der Waals surface area contributed by atoms with Crippen molar-refractivity contribution in [2.45, 2.75) is 25.1 Å². The highest BCUT2D eigenvalue weighted by Gasteiger charge is 2.52. The van der Waals surface area contributed by atoms with Gasteiger partial charge in [0.1, 0.15) is 0 Å². The smallest absolute Gasteiger partial charge is 0.411 e. The van der Waals surface area contributed by atoms with Gasteiger partial charge in [0.15, 0.2) is 5.72 Å². The van der Waals surface area contributed by atoms with Gasteiger partial charge in [0.2, 0.25) is 5.95 Å². The van der Waals surface area contributed by atoms with Crippen LogP contribution in [0.4, 0.5) is 10.7 Å². The molecular weight excluding hydrogens is 420 g/mol. The maximum absolute atomic E-state index is 13.6. The first-order valence-corrected chi connectivity index (χ1v) is 10.6. The van der Waals surface area contributed by atoms with E-state index in [0.29, 0.717) is 34.1 Å². The number of amides is 2. The number of anilines is 1. The average molecular weight is 442 g/mol. The normalized spacial score (nSPS) is 18.4. The van der Waals surface area contributed by atoms with Crippen molar-refractivity contribution in [3.63, 3.8) is 0 Å². The van der Waals surface area contributed by atoms with Crippen molar-refractivity contribution >= 4 is 29.0 Å². The molecule has 1 aliphatic heterocycles. The van der Waals surface area contributed by atoms with Gasteiger partial charge in [-0.15, -0.1) is 0 Å². The van der Waals surface area contributed by atoms with E-state index in [0.717, 1.165) is 5.56 Å². The highest BCUT2D eigenvalue weighted by Crippen LogP contribution is 2.47. The number of aromatic amines is 1. The van der Waals surface area contributed by atoms with Crippen molar-refractivity contribution in [1.82, 2.24) is 14.9 Å². The summed E-state index contributed by atoms with van der Waals surface area (Å²) in [5.74, 6) is -0.170. The Morgan fingerprint density at radius 1 is 1.12 bits per heavy atom. The first-order chi connectivity index (χ1) is 15.9. The number of aromatic nitrogens is 2. The highest BCUT2D eigenvalue weighted by molar-refractivity contribution is 6.01. The summed E-state index contributed by atoms with van der Waals surface area (Å²) >= 11 is 0. The van der Waals surface area contributed by atoms with Crippen LogP contribution in [0.5, 0.6) is 0 Å². The van der Waals surface area contributed by atoms with E-state index in [1.54, 1.807) is 42.5 Å². The molecule has 8 heteroatoms. The zero-order valence-corrected chi connectivity index (χ0v) is 17.8. The second-order valence-electron chi connectivity index (χ2n) is 7.98. The van der Waals surface area contributed by atoms with E-state index < -0.39 is 11.8 Å². The molecule has 1 unspecified atom stereocenters. The fraction of sp³-hybridized carbons (Fsp3) is 0.160. The molecule has 0 aliphatic carbocycles. The molecule has 1 aliphatic rings. The van der Waals surface area contributed by atoms with E-state index in [1.807, 2.05) is 37.3 Å². The molecule has 3 aromatic carbocycles. The van der Waals surface area contributed by atoms with Crippen LogP contribution in [0.2, 0.25) is 0 Å². The van der Waals surface area contributed by atoms with Gasteiger partial charge in [-0.3, -0.25) is 15.0 Å². The summed E-state index contributed by atoms with van der Waals surface area (Å²) in [6.07, 6.45) is -0.633. The van der Waals surface area contributed by atoms with E-state index in [-0.39, 0.29) is 17.9 Å². The Labute approximate surface area is 189 Å². The molecular formula is C25H22N4O4. The van der Waals surface area contributed by atoms with Crippen LogP contribution in [0.15, 0.2) is 72.8 Å².